The number of alkyl halides is 1. The summed E-state index contributed by atoms with van der Waals surface area (Å²) in [5, 5.41) is 1.09. The molecule has 0 aliphatic heterocycles. The van der Waals surface area contributed by atoms with Crippen molar-refractivity contribution >= 4 is 23.2 Å². The Hall–Kier alpha value is 0.0600. The Balaban J connectivity index is 2.64. The Morgan fingerprint density at radius 2 is 2.10 bits per heavy atom. The van der Waals surface area contributed by atoms with Gasteiger partial charge in [-0.1, -0.05) is 23.3 Å². The topological polar surface area (TPSA) is 0 Å². The second kappa shape index (κ2) is 3.45. The largest absolute Gasteiger partial charge is 0.118 e. The van der Waals surface area contributed by atoms with E-state index in [1.54, 1.807) is 0 Å². The van der Waals surface area contributed by atoms with E-state index < -0.39 is 0 Å². The van der Waals surface area contributed by atoms with Crippen LogP contribution < -0.4 is 0 Å². The fourth-order valence-corrected chi connectivity index (χ4v) is 1.30. The van der Waals surface area contributed by atoms with E-state index in [9.17, 15) is 0 Å². The molecule has 0 aromatic heterocycles. The molecule has 56 valence electrons. The zero-order chi connectivity index (χ0) is 7.56. The molecular weight excluding hydrogens is 167 g/mol. The third-order valence-corrected chi connectivity index (χ3v) is 2.24. The molecule has 0 N–H and O–H groups in total. The number of allylic oxidation sites excluding steroid dienone is 4. The second-order valence-corrected chi connectivity index (χ2v) is 3.61. The fraction of sp³-hybridized carbons (Fsp3) is 0.500. The summed E-state index contributed by atoms with van der Waals surface area (Å²) in [6.45, 7) is 1.99. The van der Waals surface area contributed by atoms with Crippen LogP contribution in [-0.4, -0.2) is 5.38 Å². The molecule has 0 nitrogen and oxygen atoms in total. The summed E-state index contributed by atoms with van der Waals surface area (Å²) in [5.41, 5.74) is 1.28. The van der Waals surface area contributed by atoms with Gasteiger partial charge in [-0.15, -0.1) is 11.6 Å². The van der Waals surface area contributed by atoms with Gasteiger partial charge in [-0.3, -0.25) is 0 Å². The summed E-state index contributed by atoms with van der Waals surface area (Å²) in [5.74, 6) is 0. The van der Waals surface area contributed by atoms with Crippen molar-refractivity contribution in [3.05, 3.63) is 22.8 Å². The molecule has 1 aliphatic rings. The zero-order valence-electron chi connectivity index (χ0n) is 5.90. The highest BCUT2D eigenvalue weighted by Crippen LogP contribution is 2.24. The molecule has 0 aromatic carbocycles. The molecule has 2 heteroatoms. The van der Waals surface area contributed by atoms with Crippen molar-refractivity contribution in [2.75, 3.05) is 0 Å². The first-order valence-corrected chi connectivity index (χ1v) is 4.21. The van der Waals surface area contributed by atoms with Crippen LogP contribution in [0.15, 0.2) is 22.8 Å². The number of hydrogen-bond acceptors (Lipinski definition) is 0. The van der Waals surface area contributed by atoms with Crippen LogP contribution in [0.1, 0.15) is 19.8 Å². The summed E-state index contributed by atoms with van der Waals surface area (Å²) in [7, 11) is 0. The number of rotatable bonds is 1. The van der Waals surface area contributed by atoms with Gasteiger partial charge in [0.2, 0.25) is 0 Å². The third kappa shape index (κ3) is 2.03. The van der Waals surface area contributed by atoms with Gasteiger partial charge in [0, 0.05) is 5.03 Å². The van der Waals surface area contributed by atoms with Crippen molar-refractivity contribution in [2.45, 2.75) is 25.1 Å². The molecule has 1 atom stereocenters. The molecule has 1 aliphatic carbocycles. The van der Waals surface area contributed by atoms with Crippen LogP contribution in [0.3, 0.4) is 0 Å². The molecule has 1 unspecified atom stereocenters. The summed E-state index contributed by atoms with van der Waals surface area (Å²) in [6, 6.07) is 0. The van der Waals surface area contributed by atoms with Crippen molar-refractivity contribution in [1.82, 2.24) is 0 Å². The van der Waals surface area contributed by atoms with Crippen LogP contribution in [0, 0.1) is 0 Å². The van der Waals surface area contributed by atoms with E-state index >= 15 is 0 Å². The molecule has 0 amide bonds. The fourth-order valence-electron chi connectivity index (χ4n) is 0.959. The SMILES string of the molecule is CC(Cl)C1=CC=C(Cl)CC1. The first-order chi connectivity index (χ1) is 4.70. The Morgan fingerprint density at radius 1 is 1.40 bits per heavy atom. The first-order valence-electron chi connectivity index (χ1n) is 3.39. The van der Waals surface area contributed by atoms with E-state index in [0.29, 0.717) is 0 Å². The van der Waals surface area contributed by atoms with Gasteiger partial charge in [-0.05, 0) is 25.8 Å². The highest BCUT2D eigenvalue weighted by atomic mass is 35.5. The lowest BCUT2D eigenvalue weighted by atomic mass is 10.0. The molecule has 0 saturated carbocycles. The van der Waals surface area contributed by atoms with E-state index in [2.05, 4.69) is 0 Å². The van der Waals surface area contributed by atoms with Crippen LogP contribution >= 0.6 is 23.2 Å². The zero-order valence-corrected chi connectivity index (χ0v) is 7.41. The minimum atomic E-state index is 0.154. The van der Waals surface area contributed by atoms with E-state index in [-0.39, 0.29) is 5.38 Å². The summed E-state index contributed by atoms with van der Waals surface area (Å²) < 4.78 is 0. The average molecular weight is 177 g/mol. The molecule has 0 saturated heterocycles. The molecule has 0 radical (unpaired) electrons. The molecule has 10 heavy (non-hydrogen) atoms. The van der Waals surface area contributed by atoms with Gasteiger partial charge in [-0.25, -0.2) is 0 Å². The Bertz CT molecular complexity index is 178. The predicted octanol–water partition coefficient (Wildman–Crippen LogP) is 3.46. The molecule has 0 aromatic rings. The average Bonchev–Trinajstić information content (AvgIpc) is 1.88. The van der Waals surface area contributed by atoms with Crippen LogP contribution in [0.4, 0.5) is 0 Å². The maximum atomic E-state index is 5.86. The smallest absolute Gasteiger partial charge is 0.0520 e. The quantitative estimate of drug-likeness (QED) is 0.538. The predicted molar refractivity (Wildman–Crippen MR) is 46.6 cm³/mol. The van der Waals surface area contributed by atoms with Crippen LogP contribution in [0.2, 0.25) is 0 Å². The minimum Gasteiger partial charge on any atom is -0.118 e. The van der Waals surface area contributed by atoms with Gasteiger partial charge in [0.15, 0.2) is 0 Å². The van der Waals surface area contributed by atoms with E-state index in [1.165, 1.54) is 5.57 Å². The maximum absolute atomic E-state index is 5.86. The highest BCUT2D eigenvalue weighted by molar-refractivity contribution is 6.29. The highest BCUT2D eigenvalue weighted by Gasteiger charge is 2.08. The van der Waals surface area contributed by atoms with Crippen molar-refractivity contribution in [3.63, 3.8) is 0 Å². The van der Waals surface area contributed by atoms with E-state index in [1.807, 2.05) is 19.1 Å². The normalized spacial score (nSPS) is 21.5. The second-order valence-electron chi connectivity index (χ2n) is 2.47. The molecule has 0 bridgehead atoms. The van der Waals surface area contributed by atoms with Crippen molar-refractivity contribution < 1.29 is 0 Å². The maximum Gasteiger partial charge on any atom is 0.0520 e. The summed E-state index contributed by atoms with van der Waals surface area (Å²) in [6.07, 6.45) is 5.91. The minimum absolute atomic E-state index is 0.154. The van der Waals surface area contributed by atoms with Crippen molar-refractivity contribution in [3.8, 4) is 0 Å². The standard InChI is InChI=1S/C8H10Cl2/c1-6(9)7-2-4-8(10)5-3-7/h2,4,6H,3,5H2,1H3. The lowest BCUT2D eigenvalue weighted by Crippen LogP contribution is -1.99. The van der Waals surface area contributed by atoms with Crippen molar-refractivity contribution in [2.24, 2.45) is 0 Å². The third-order valence-electron chi connectivity index (χ3n) is 1.64. The van der Waals surface area contributed by atoms with Crippen LogP contribution in [-0.2, 0) is 0 Å². The van der Waals surface area contributed by atoms with E-state index in [0.717, 1.165) is 17.9 Å². The van der Waals surface area contributed by atoms with Crippen LogP contribution in [0.5, 0.6) is 0 Å². The lowest BCUT2D eigenvalue weighted by molar-refractivity contribution is 0.889. The van der Waals surface area contributed by atoms with Gasteiger partial charge < -0.3 is 0 Å². The van der Waals surface area contributed by atoms with Gasteiger partial charge in [-0.2, -0.15) is 0 Å². The Morgan fingerprint density at radius 3 is 2.50 bits per heavy atom. The van der Waals surface area contributed by atoms with Crippen molar-refractivity contribution in [1.29, 1.82) is 0 Å². The summed E-state index contributed by atoms with van der Waals surface area (Å²) in [4.78, 5) is 0. The lowest BCUT2D eigenvalue weighted by Gasteiger charge is -2.11. The summed E-state index contributed by atoms with van der Waals surface area (Å²) >= 11 is 11.6. The van der Waals surface area contributed by atoms with E-state index in [4.69, 9.17) is 23.2 Å². The van der Waals surface area contributed by atoms with Gasteiger partial charge >= 0.3 is 0 Å². The molecule has 0 heterocycles. The number of hydrogen-bond donors (Lipinski definition) is 0. The monoisotopic (exact) mass is 176 g/mol. The Labute approximate surface area is 71.5 Å². The molecule has 0 spiro atoms. The van der Waals surface area contributed by atoms with Gasteiger partial charge in [0.25, 0.3) is 0 Å². The van der Waals surface area contributed by atoms with Gasteiger partial charge in [0.05, 0.1) is 5.38 Å². The first kappa shape index (κ1) is 8.16. The van der Waals surface area contributed by atoms with Crippen LogP contribution in [0.25, 0.3) is 0 Å². The number of halogens is 2. The molecular formula is C8H10Cl2. The molecule has 1 rings (SSSR count). The van der Waals surface area contributed by atoms with Gasteiger partial charge in [0.1, 0.15) is 0 Å². The Kier molecular flexibility index (Phi) is 2.82. The molecule has 0 fully saturated rings.